The Hall–Kier alpha value is -1.48. The molecular formula is C13H18N2O. The molecule has 0 spiro atoms. The van der Waals surface area contributed by atoms with Gasteiger partial charge in [-0.15, -0.1) is 0 Å². The zero-order chi connectivity index (χ0) is 11.5. The summed E-state index contributed by atoms with van der Waals surface area (Å²) in [6.07, 6.45) is 2.91. The number of nitrogens with two attached hydrogens (primary N) is 1. The van der Waals surface area contributed by atoms with Gasteiger partial charge in [-0.25, -0.2) is 0 Å². The smallest absolute Gasteiger partial charge is 0.128 e. The number of benzene rings is 1. The number of H-pyrrole nitrogens is 1. The Morgan fingerprint density at radius 3 is 2.88 bits per heavy atom. The first kappa shape index (κ1) is 11.0. The molecule has 0 amide bonds. The summed E-state index contributed by atoms with van der Waals surface area (Å²) in [5.41, 5.74) is 8.32. The van der Waals surface area contributed by atoms with Gasteiger partial charge in [0, 0.05) is 23.1 Å². The summed E-state index contributed by atoms with van der Waals surface area (Å²) < 4.78 is 5.64. The number of ether oxygens (including phenoxy) is 1. The van der Waals surface area contributed by atoms with E-state index < -0.39 is 0 Å². The Morgan fingerprint density at radius 1 is 1.38 bits per heavy atom. The Labute approximate surface area is 95.6 Å². The third-order valence-corrected chi connectivity index (χ3v) is 2.84. The highest BCUT2D eigenvalue weighted by molar-refractivity contribution is 5.89. The minimum Gasteiger partial charge on any atom is -0.493 e. The van der Waals surface area contributed by atoms with Crippen molar-refractivity contribution in [3.8, 4) is 5.75 Å². The summed E-state index contributed by atoms with van der Waals surface area (Å²) >= 11 is 0. The molecule has 1 aromatic carbocycles. The fourth-order valence-electron chi connectivity index (χ4n) is 1.96. The van der Waals surface area contributed by atoms with Crippen LogP contribution in [0.15, 0.2) is 24.4 Å². The predicted octanol–water partition coefficient (Wildman–Crippen LogP) is 2.98. The monoisotopic (exact) mass is 218 g/mol. The fourth-order valence-corrected chi connectivity index (χ4v) is 1.96. The van der Waals surface area contributed by atoms with Gasteiger partial charge in [-0.3, -0.25) is 0 Å². The highest BCUT2D eigenvalue weighted by Crippen LogP contribution is 2.32. The van der Waals surface area contributed by atoms with Gasteiger partial charge < -0.3 is 15.5 Å². The summed E-state index contributed by atoms with van der Waals surface area (Å²) in [6.45, 7) is 4.75. The lowest BCUT2D eigenvalue weighted by atomic mass is 10.0. The number of hydrogen-bond acceptors (Lipinski definition) is 2. The molecule has 0 saturated heterocycles. The Bertz CT molecular complexity index is 476. The first-order chi connectivity index (χ1) is 7.77. The first-order valence-electron chi connectivity index (χ1n) is 5.76. The normalized spacial score (nSPS) is 12.9. The molecule has 0 unspecified atom stereocenters. The van der Waals surface area contributed by atoms with E-state index in [0.717, 1.165) is 28.6 Å². The average molecular weight is 218 g/mol. The molecule has 0 fully saturated rings. The van der Waals surface area contributed by atoms with E-state index in [2.05, 4.69) is 11.9 Å². The third-order valence-electron chi connectivity index (χ3n) is 2.84. The van der Waals surface area contributed by atoms with Crippen molar-refractivity contribution in [1.29, 1.82) is 0 Å². The lowest BCUT2D eigenvalue weighted by Gasteiger charge is -2.10. The van der Waals surface area contributed by atoms with Gasteiger partial charge in [0.1, 0.15) is 5.75 Å². The molecule has 2 rings (SSSR count). The van der Waals surface area contributed by atoms with Gasteiger partial charge in [-0.2, -0.15) is 0 Å². The van der Waals surface area contributed by atoms with E-state index in [1.807, 2.05) is 31.3 Å². The molecule has 0 saturated carbocycles. The molecule has 1 aromatic heterocycles. The molecule has 1 heterocycles. The number of nitrogens with one attached hydrogen (secondary N) is 1. The van der Waals surface area contributed by atoms with E-state index in [1.54, 1.807) is 0 Å². The van der Waals surface area contributed by atoms with Crippen molar-refractivity contribution in [1.82, 2.24) is 4.98 Å². The average Bonchev–Trinajstić information content (AvgIpc) is 2.73. The maximum atomic E-state index is 6.09. The van der Waals surface area contributed by atoms with Crippen molar-refractivity contribution in [2.24, 2.45) is 5.73 Å². The van der Waals surface area contributed by atoms with Gasteiger partial charge in [0.2, 0.25) is 0 Å². The second-order valence-electron chi connectivity index (χ2n) is 3.87. The van der Waals surface area contributed by atoms with Crippen LogP contribution in [0.2, 0.25) is 0 Å². The lowest BCUT2D eigenvalue weighted by molar-refractivity contribution is 0.344. The molecule has 0 aliphatic heterocycles. The number of rotatable bonds is 4. The van der Waals surface area contributed by atoms with Gasteiger partial charge in [-0.05, 0) is 31.0 Å². The van der Waals surface area contributed by atoms with E-state index in [4.69, 9.17) is 10.5 Å². The Balaban J connectivity index is 2.58. The molecule has 3 nitrogen and oxygen atoms in total. The molecule has 0 aliphatic carbocycles. The molecule has 0 bridgehead atoms. The molecule has 0 aliphatic rings. The van der Waals surface area contributed by atoms with Crippen LogP contribution in [0, 0.1) is 0 Å². The van der Waals surface area contributed by atoms with Crippen LogP contribution in [0.25, 0.3) is 10.9 Å². The largest absolute Gasteiger partial charge is 0.493 e. The highest BCUT2D eigenvalue weighted by atomic mass is 16.5. The van der Waals surface area contributed by atoms with Crippen LogP contribution in [-0.4, -0.2) is 11.6 Å². The maximum Gasteiger partial charge on any atom is 0.128 e. The second kappa shape index (κ2) is 4.58. The summed E-state index contributed by atoms with van der Waals surface area (Å²) in [5.74, 6) is 0.917. The molecule has 1 atom stereocenters. The molecule has 2 aromatic rings. The van der Waals surface area contributed by atoms with Crippen LogP contribution in [0.4, 0.5) is 0 Å². The van der Waals surface area contributed by atoms with Crippen molar-refractivity contribution < 1.29 is 4.74 Å². The molecule has 16 heavy (non-hydrogen) atoms. The lowest BCUT2D eigenvalue weighted by Crippen LogP contribution is -2.08. The van der Waals surface area contributed by atoms with Crippen LogP contribution in [0.1, 0.15) is 31.9 Å². The zero-order valence-electron chi connectivity index (χ0n) is 9.79. The number of fused-ring (bicyclic) bond motifs is 1. The number of aromatic nitrogens is 1. The van der Waals surface area contributed by atoms with Gasteiger partial charge in [0.15, 0.2) is 0 Å². The van der Waals surface area contributed by atoms with Crippen molar-refractivity contribution in [2.75, 3.05) is 6.61 Å². The summed E-state index contributed by atoms with van der Waals surface area (Å²) in [7, 11) is 0. The van der Waals surface area contributed by atoms with Crippen molar-refractivity contribution >= 4 is 10.9 Å². The van der Waals surface area contributed by atoms with E-state index >= 15 is 0 Å². The van der Waals surface area contributed by atoms with E-state index in [0.29, 0.717) is 6.61 Å². The SMILES string of the molecule is CCOc1cccc2[nH]cc([C@@H](N)CC)c12. The number of hydrogen-bond donors (Lipinski definition) is 2. The fraction of sp³-hybridized carbons (Fsp3) is 0.385. The van der Waals surface area contributed by atoms with E-state index in [1.165, 1.54) is 0 Å². The van der Waals surface area contributed by atoms with Crippen LogP contribution >= 0.6 is 0 Å². The van der Waals surface area contributed by atoms with Gasteiger partial charge in [0.25, 0.3) is 0 Å². The molecule has 0 radical (unpaired) electrons. The van der Waals surface area contributed by atoms with Gasteiger partial charge in [-0.1, -0.05) is 13.0 Å². The molecule has 86 valence electrons. The summed E-state index contributed by atoms with van der Waals surface area (Å²) in [4.78, 5) is 3.24. The van der Waals surface area contributed by atoms with Crippen LogP contribution < -0.4 is 10.5 Å². The van der Waals surface area contributed by atoms with Gasteiger partial charge >= 0.3 is 0 Å². The quantitative estimate of drug-likeness (QED) is 0.828. The molecule has 3 heteroatoms. The van der Waals surface area contributed by atoms with E-state index in [-0.39, 0.29) is 6.04 Å². The molecular weight excluding hydrogens is 200 g/mol. The topological polar surface area (TPSA) is 51.0 Å². The Kier molecular flexibility index (Phi) is 3.15. The first-order valence-corrected chi connectivity index (χ1v) is 5.76. The Morgan fingerprint density at radius 2 is 2.19 bits per heavy atom. The summed E-state index contributed by atoms with van der Waals surface area (Å²) in [6, 6.07) is 6.09. The van der Waals surface area contributed by atoms with Crippen LogP contribution in [0.5, 0.6) is 5.75 Å². The van der Waals surface area contributed by atoms with Crippen molar-refractivity contribution in [3.05, 3.63) is 30.0 Å². The zero-order valence-corrected chi connectivity index (χ0v) is 9.79. The van der Waals surface area contributed by atoms with Gasteiger partial charge in [0.05, 0.1) is 6.61 Å². The van der Waals surface area contributed by atoms with Crippen molar-refractivity contribution in [3.63, 3.8) is 0 Å². The minimum atomic E-state index is 0.0651. The molecule has 3 N–H and O–H groups in total. The summed E-state index contributed by atoms with van der Waals surface area (Å²) in [5, 5.41) is 1.12. The number of aromatic amines is 1. The van der Waals surface area contributed by atoms with E-state index in [9.17, 15) is 0 Å². The standard InChI is InChI=1S/C13H18N2O/c1-3-10(14)9-8-15-11-6-5-7-12(13(9)11)16-4-2/h5-8,10,15H,3-4,14H2,1-2H3/t10-/m0/s1. The highest BCUT2D eigenvalue weighted by Gasteiger charge is 2.13. The second-order valence-corrected chi connectivity index (χ2v) is 3.87. The maximum absolute atomic E-state index is 6.09. The minimum absolute atomic E-state index is 0.0651. The third kappa shape index (κ3) is 1.78. The van der Waals surface area contributed by atoms with Crippen molar-refractivity contribution in [2.45, 2.75) is 26.3 Å². The van der Waals surface area contributed by atoms with Crippen LogP contribution in [-0.2, 0) is 0 Å². The van der Waals surface area contributed by atoms with Crippen LogP contribution in [0.3, 0.4) is 0 Å². The predicted molar refractivity (Wildman–Crippen MR) is 66.7 cm³/mol.